The van der Waals surface area contributed by atoms with E-state index in [1.54, 1.807) is 0 Å². The van der Waals surface area contributed by atoms with Crippen LogP contribution >= 0.6 is 0 Å². The molecule has 5 aromatic rings. The second-order valence-electron chi connectivity index (χ2n) is 6.26. The molecule has 0 amide bonds. The molecule has 23 heavy (non-hydrogen) atoms. The smallest absolute Gasteiger partial charge is 0.174 e. The van der Waals surface area contributed by atoms with Gasteiger partial charge in [0.15, 0.2) is 12.4 Å². The van der Waals surface area contributed by atoms with E-state index < -0.39 is 0 Å². The first-order valence-corrected chi connectivity index (χ1v) is 7.96. The first-order valence-electron chi connectivity index (χ1n) is 7.96. The van der Waals surface area contributed by atoms with Crippen molar-refractivity contribution in [2.24, 2.45) is 0 Å². The minimum absolute atomic E-state index is 1.25. The molecule has 0 bridgehead atoms. The fraction of sp³-hybridized carbons (Fsp3) is 0.0455. The third-order valence-corrected chi connectivity index (χ3v) is 4.83. The standard InChI is InChI=1S/C22H15N/c1-14-2-5-17-15(12-14)3-6-21-19(17)8-9-20-18-10-11-23-13-16(18)4-7-22(20)21/h2-13H,1H3/p+1. The van der Waals surface area contributed by atoms with E-state index in [4.69, 9.17) is 0 Å². The average Bonchev–Trinajstić information content (AvgIpc) is 2.60. The zero-order chi connectivity index (χ0) is 15.4. The number of hydrogen-bond donors (Lipinski definition) is 0. The van der Waals surface area contributed by atoms with Gasteiger partial charge in [0.25, 0.3) is 0 Å². The van der Waals surface area contributed by atoms with Gasteiger partial charge in [0.1, 0.15) is 0 Å². The molecule has 0 saturated heterocycles. The highest BCUT2D eigenvalue weighted by Gasteiger charge is 2.08. The predicted octanol–water partition coefficient (Wildman–Crippen LogP) is 5.42. The lowest BCUT2D eigenvalue weighted by molar-refractivity contribution is -0.375. The molecule has 1 nitrogen and oxygen atoms in total. The molecule has 0 atom stereocenters. The Balaban J connectivity index is 2.00. The molecular weight excluding hydrogens is 278 g/mol. The Morgan fingerprint density at radius 3 is 1.91 bits per heavy atom. The monoisotopic (exact) mass is 294 g/mol. The number of nitrogens with one attached hydrogen (secondary N) is 1. The van der Waals surface area contributed by atoms with Crippen LogP contribution in [0.4, 0.5) is 0 Å². The second kappa shape index (κ2) is 4.53. The SMILES string of the molecule is Cc1ccc2c(ccc3c2ccc2c4cc[nH+]cc4ccc23)c1. The number of rotatable bonds is 0. The summed E-state index contributed by atoms with van der Waals surface area (Å²) in [4.78, 5) is 3.17. The Hall–Kier alpha value is -2.93. The molecule has 0 fully saturated rings. The van der Waals surface area contributed by atoms with E-state index >= 15 is 0 Å². The number of pyridine rings is 1. The summed E-state index contributed by atoms with van der Waals surface area (Å²) in [5, 5.41) is 10.5. The molecular formula is C22H16N+. The Morgan fingerprint density at radius 2 is 1.13 bits per heavy atom. The van der Waals surface area contributed by atoms with E-state index in [1.165, 1.54) is 48.7 Å². The molecule has 0 aliphatic carbocycles. The topological polar surface area (TPSA) is 14.1 Å². The highest BCUT2D eigenvalue weighted by molar-refractivity contribution is 6.21. The molecule has 0 aliphatic rings. The summed E-state index contributed by atoms with van der Waals surface area (Å²) in [6, 6.07) is 22.3. The lowest BCUT2D eigenvalue weighted by Crippen LogP contribution is -1.97. The van der Waals surface area contributed by atoms with Crippen LogP contribution in [0.2, 0.25) is 0 Å². The fourth-order valence-electron chi connectivity index (χ4n) is 3.70. The van der Waals surface area contributed by atoms with Crippen molar-refractivity contribution in [2.75, 3.05) is 0 Å². The van der Waals surface area contributed by atoms with Gasteiger partial charge in [0.2, 0.25) is 0 Å². The molecule has 1 heteroatoms. The van der Waals surface area contributed by atoms with Gasteiger partial charge in [-0.15, -0.1) is 0 Å². The van der Waals surface area contributed by atoms with Gasteiger partial charge in [0, 0.05) is 16.8 Å². The maximum absolute atomic E-state index is 3.17. The van der Waals surface area contributed by atoms with Gasteiger partial charge in [-0.2, -0.15) is 0 Å². The number of hydrogen-bond acceptors (Lipinski definition) is 0. The van der Waals surface area contributed by atoms with E-state index in [-0.39, 0.29) is 0 Å². The highest BCUT2D eigenvalue weighted by atomic mass is 14.6. The van der Waals surface area contributed by atoms with Crippen LogP contribution in [0.15, 0.2) is 73.1 Å². The van der Waals surface area contributed by atoms with E-state index in [2.05, 4.69) is 78.8 Å². The normalized spacial score (nSPS) is 11.7. The number of benzene rings is 4. The molecule has 108 valence electrons. The van der Waals surface area contributed by atoms with Crippen LogP contribution in [-0.4, -0.2) is 0 Å². The first kappa shape index (κ1) is 12.6. The summed E-state index contributed by atoms with van der Waals surface area (Å²) in [6.45, 7) is 2.15. The molecule has 1 aromatic heterocycles. The van der Waals surface area contributed by atoms with Crippen LogP contribution in [0, 0.1) is 6.92 Å². The number of aryl methyl sites for hydroxylation is 1. The fourth-order valence-corrected chi connectivity index (χ4v) is 3.70. The Morgan fingerprint density at radius 1 is 0.565 bits per heavy atom. The van der Waals surface area contributed by atoms with Crippen LogP contribution in [0.3, 0.4) is 0 Å². The van der Waals surface area contributed by atoms with Crippen LogP contribution < -0.4 is 4.98 Å². The van der Waals surface area contributed by atoms with Gasteiger partial charge < -0.3 is 0 Å². The van der Waals surface area contributed by atoms with Gasteiger partial charge >= 0.3 is 0 Å². The van der Waals surface area contributed by atoms with E-state index in [0.29, 0.717) is 0 Å². The third kappa shape index (κ3) is 1.77. The van der Waals surface area contributed by atoms with Gasteiger partial charge in [-0.3, -0.25) is 0 Å². The van der Waals surface area contributed by atoms with Crippen LogP contribution in [0.1, 0.15) is 5.56 Å². The van der Waals surface area contributed by atoms with E-state index in [0.717, 1.165) is 0 Å². The Bertz CT molecular complexity index is 1220. The van der Waals surface area contributed by atoms with Gasteiger partial charge in [0.05, 0.1) is 0 Å². The van der Waals surface area contributed by atoms with Crippen LogP contribution in [0.5, 0.6) is 0 Å². The molecule has 0 aliphatic heterocycles. The number of aromatic nitrogens is 1. The van der Waals surface area contributed by atoms with Crippen molar-refractivity contribution in [3.05, 3.63) is 78.6 Å². The second-order valence-corrected chi connectivity index (χ2v) is 6.26. The van der Waals surface area contributed by atoms with Crippen LogP contribution in [0.25, 0.3) is 43.1 Å². The van der Waals surface area contributed by atoms with Gasteiger partial charge in [-0.05, 0) is 45.3 Å². The average molecular weight is 294 g/mol. The molecule has 5 rings (SSSR count). The number of H-pyrrole nitrogens is 1. The van der Waals surface area contributed by atoms with Crippen molar-refractivity contribution in [1.29, 1.82) is 0 Å². The summed E-state index contributed by atoms with van der Waals surface area (Å²) >= 11 is 0. The van der Waals surface area contributed by atoms with Gasteiger partial charge in [-0.25, -0.2) is 4.98 Å². The maximum atomic E-state index is 3.17. The van der Waals surface area contributed by atoms with Gasteiger partial charge in [-0.1, -0.05) is 54.1 Å². The summed E-state index contributed by atoms with van der Waals surface area (Å²) < 4.78 is 0. The van der Waals surface area contributed by atoms with Crippen molar-refractivity contribution in [2.45, 2.75) is 6.92 Å². The Labute approximate surface area is 134 Å². The zero-order valence-electron chi connectivity index (χ0n) is 12.9. The minimum Gasteiger partial charge on any atom is -0.217 e. The van der Waals surface area contributed by atoms with Crippen LogP contribution in [-0.2, 0) is 0 Å². The summed E-state index contributed by atoms with van der Waals surface area (Å²) in [5.74, 6) is 0. The Kier molecular flexibility index (Phi) is 2.48. The highest BCUT2D eigenvalue weighted by Crippen LogP contribution is 2.34. The van der Waals surface area contributed by atoms with Crippen molar-refractivity contribution in [3.63, 3.8) is 0 Å². The number of fused-ring (bicyclic) bond motifs is 7. The lowest BCUT2D eigenvalue weighted by Gasteiger charge is -2.09. The number of aromatic amines is 1. The molecule has 1 heterocycles. The summed E-state index contributed by atoms with van der Waals surface area (Å²) in [7, 11) is 0. The van der Waals surface area contributed by atoms with Crippen molar-refractivity contribution < 1.29 is 4.98 Å². The molecule has 0 saturated carbocycles. The summed E-state index contributed by atoms with van der Waals surface area (Å²) in [6.07, 6.45) is 4.05. The van der Waals surface area contributed by atoms with Crippen molar-refractivity contribution in [1.82, 2.24) is 0 Å². The minimum atomic E-state index is 1.25. The first-order chi connectivity index (χ1) is 11.3. The molecule has 1 N–H and O–H groups in total. The van der Waals surface area contributed by atoms with Crippen molar-refractivity contribution >= 4 is 43.1 Å². The largest absolute Gasteiger partial charge is 0.217 e. The third-order valence-electron chi connectivity index (χ3n) is 4.83. The predicted molar refractivity (Wildman–Crippen MR) is 97.8 cm³/mol. The molecule has 0 radical (unpaired) electrons. The molecule has 0 spiro atoms. The quantitative estimate of drug-likeness (QED) is 0.338. The van der Waals surface area contributed by atoms with E-state index in [1.807, 2.05) is 6.20 Å². The van der Waals surface area contributed by atoms with Crippen molar-refractivity contribution in [3.8, 4) is 0 Å². The van der Waals surface area contributed by atoms with E-state index in [9.17, 15) is 0 Å². The molecule has 0 unspecified atom stereocenters. The lowest BCUT2D eigenvalue weighted by atomic mass is 9.94. The molecule has 4 aromatic carbocycles. The summed E-state index contributed by atoms with van der Waals surface area (Å²) in [5.41, 5.74) is 1.31. The maximum Gasteiger partial charge on any atom is 0.174 e. The zero-order valence-corrected chi connectivity index (χ0v) is 12.9.